The number of imidazole rings is 1. The number of hydrogen-bond donors (Lipinski definition) is 1. The maximum Gasteiger partial charge on any atom is 0.262 e. The third-order valence-corrected chi connectivity index (χ3v) is 7.51. The summed E-state index contributed by atoms with van der Waals surface area (Å²) in [4.78, 5) is 8.50. The summed E-state index contributed by atoms with van der Waals surface area (Å²) in [6.07, 6.45) is 4.72. The minimum absolute atomic E-state index is 0.0474. The summed E-state index contributed by atoms with van der Waals surface area (Å²) in [6.45, 7) is 1.12. The topological polar surface area (TPSA) is 80.1 Å². The van der Waals surface area contributed by atoms with E-state index in [4.69, 9.17) is 23.2 Å². The second-order valence-corrected chi connectivity index (χ2v) is 10.0. The smallest absolute Gasteiger partial charge is 0.262 e. The van der Waals surface area contributed by atoms with E-state index in [9.17, 15) is 8.42 Å². The molecule has 3 aromatic rings. The molecule has 1 saturated heterocycles. The molecule has 0 spiro atoms. The lowest BCUT2D eigenvalue weighted by atomic mass is 9.99. The van der Waals surface area contributed by atoms with E-state index in [1.54, 1.807) is 29.9 Å². The average molecular weight is 466 g/mol. The van der Waals surface area contributed by atoms with Gasteiger partial charge in [0.25, 0.3) is 10.0 Å². The third-order valence-electron chi connectivity index (χ3n) is 5.21. The molecule has 0 aliphatic carbocycles. The van der Waals surface area contributed by atoms with Gasteiger partial charge in [-0.2, -0.15) is 4.31 Å². The van der Waals surface area contributed by atoms with Crippen molar-refractivity contribution in [3.63, 3.8) is 0 Å². The number of sulfonamides is 1. The fourth-order valence-corrected chi connectivity index (χ4v) is 5.56. The number of hydrogen-bond acceptors (Lipinski definition) is 5. The van der Waals surface area contributed by atoms with Crippen LogP contribution in [-0.2, 0) is 23.6 Å². The highest BCUT2D eigenvalue weighted by molar-refractivity contribution is 7.89. The van der Waals surface area contributed by atoms with Crippen LogP contribution in [0, 0.1) is 0 Å². The third kappa shape index (κ3) is 4.38. The SMILES string of the molecule is Cn1cnc(S(=O)(=O)N2CC(NCc3ccc(Cl)cc3Cl)C(c3ccccn3)C2)c1. The number of rotatable bonds is 6. The normalized spacial score (nSPS) is 20.0. The Kier molecular flexibility index (Phi) is 6.13. The summed E-state index contributed by atoms with van der Waals surface area (Å²) in [7, 11) is -1.96. The molecule has 1 N–H and O–H groups in total. The second-order valence-electron chi connectivity index (χ2n) is 7.28. The molecule has 3 heterocycles. The minimum Gasteiger partial charge on any atom is -0.339 e. The molecule has 1 aliphatic heterocycles. The van der Waals surface area contributed by atoms with Gasteiger partial charge in [0.05, 0.1) is 6.33 Å². The van der Waals surface area contributed by atoms with Crippen molar-refractivity contribution in [2.45, 2.75) is 23.5 Å². The van der Waals surface area contributed by atoms with E-state index in [1.807, 2.05) is 24.3 Å². The van der Waals surface area contributed by atoms with Crippen molar-refractivity contribution in [3.8, 4) is 0 Å². The number of pyridine rings is 1. The molecular weight excluding hydrogens is 445 g/mol. The Morgan fingerprint density at radius 2 is 2.00 bits per heavy atom. The van der Waals surface area contributed by atoms with E-state index < -0.39 is 10.0 Å². The summed E-state index contributed by atoms with van der Waals surface area (Å²) in [6, 6.07) is 10.9. The van der Waals surface area contributed by atoms with Crippen LogP contribution in [-0.4, -0.2) is 46.4 Å². The highest BCUT2D eigenvalue weighted by Crippen LogP contribution is 2.31. The quantitative estimate of drug-likeness (QED) is 0.604. The fourth-order valence-electron chi connectivity index (χ4n) is 3.63. The van der Waals surface area contributed by atoms with Gasteiger partial charge < -0.3 is 9.88 Å². The molecule has 7 nitrogen and oxygen atoms in total. The van der Waals surface area contributed by atoms with Crippen molar-refractivity contribution in [1.29, 1.82) is 0 Å². The molecule has 4 rings (SSSR count). The predicted octanol–water partition coefficient (Wildman–Crippen LogP) is 3.07. The molecule has 158 valence electrons. The zero-order valence-corrected chi connectivity index (χ0v) is 18.6. The molecule has 2 atom stereocenters. The van der Waals surface area contributed by atoms with Crippen LogP contribution in [0.3, 0.4) is 0 Å². The van der Waals surface area contributed by atoms with Gasteiger partial charge in [0.2, 0.25) is 0 Å². The zero-order valence-electron chi connectivity index (χ0n) is 16.2. The van der Waals surface area contributed by atoms with Crippen LogP contribution in [0.25, 0.3) is 0 Å². The molecule has 0 radical (unpaired) electrons. The van der Waals surface area contributed by atoms with E-state index in [2.05, 4.69) is 15.3 Å². The number of halogens is 2. The Bertz CT molecular complexity index is 1140. The van der Waals surface area contributed by atoms with Gasteiger partial charge in [-0.15, -0.1) is 0 Å². The van der Waals surface area contributed by atoms with E-state index >= 15 is 0 Å². The maximum absolute atomic E-state index is 13.1. The first kappa shape index (κ1) is 21.3. The van der Waals surface area contributed by atoms with E-state index in [0.717, 1.165) is 11.3 Å². The number of nitrogens with zero attached hydrogens (tertiary/aromatic N) is 4. The molecule has 1 aromatic carbocycles. The maximum atomic E-state index is 13.1. The van der Waals surface area contributed by atoms with Gasteiger partial charge >= 0.3 is 0 Å². The molecule has 2 unspecified atom stereocenters. The van der Waals surface area contributed by atoms with Crippen molar-refractivity contribution in [3.05, 3.63) is 76.4 Å². The van der Waals surface area contributed by atoms with Crippen molar-refractivity contribution >= 4 is 33.2 Å². The monoisotopic (exact) mass is 465 g/mol. The summed E-state index contributed by atoms with van der Waals surface area (Å²) in [5.41, 5.74) is 1.74. The summed E-state index contributed by atoms with van der Waals surface area (Å²) >= 11 is 12.3. The van der Waals surface area contributed by atoms with E-state index in [0.29, 0.717) is 29.7 Å². The van der Waals surface area contributed by atoms with Gasteiger partial charge in [0, 0.05) is 66.8 Å². The van der Waals surface area contributed by atoms with Crippen LogP contribution in [0.1, 0.15) is 17.2 Å². The molecule has 0 amide bonds. The summed E-state index contributed by atoms with van der Waals surface area (Å²) in [5.74, 6) is -0.101. The van der Waals surface area contributed by atoms with Crippen LogP contribution in [0.15, 0.2) is 60.1 Å². The van der Waals surface area contributed by atoms with Crippen LogP contribution in [0.5, 0.6) is 0 Å². The zero-order chi connectivity index (χ0) is 21.3. The average Bonchev–Trinajstić information content (AvgIpc) is 3.35. The fraction of sp³-hybridized carbons (Fsp3) is 0.300. The van der Waals surface area contributed by atoms with Gasteiger partial charge in [-0.25, -0.2) is 13.4 Å². The highest BCUT2D eigenvalue weighted by atomic mass is 35.5. The predicted molar refractivity (Wildman–Crippen MR) is 116 cm³/mol. The molecule has 2 aromatic heterocycles. The first-order valence-electron chi connectivity index (χ1n) is 9.41. The molecule has 0 saturated carbocycles. The van der Waals surface area contributed by atoms with Gasteiger partial charge in [0.15, 0.2) is 5.03 Å². The summed E-state index contributed by atoms with van der Waals surface area (Å²) < 4.78 is 29.3. The first-order valence-corrected chi connectivity index (χ1v) is 11.6. The largest absolute Gasteiger partial charge is 0.339 e. The highest BCUT2D eigenvalue weighted by Gasteiger charge is 2.41. The lowest BCUT2D eigenvalue weighted by Crippen LogP contribution is -2.36. The Morgan fingerprint density at radius 1 is 1.17 bits per heavy atom. The molecule has 1 aliphatic rings. The van der Waals surface area contributed by atoms with Crippen LogP contribution in [0.4, 0.5) is 0 Å². The lowest BCUT2D eigenvalue weighted by Gasteiger charge is -2.20. The Hall–Kier alpha value is -1.97. The van der Waals surface area contributed by atoms with E-state index in [-0.39, 0.29) is 17.0 Å². The summed E-state index contributed by atoms with van der Waals surface area (Å²) in [5, 5.41) is 4.66. The van der Waals surface area contributed by atoms with Crippen LogP contribution >= 0.6 is 23.2 Å². The molecule has 10 heteroatoms. The Balaban J connectivity index is 1.58. The van der Waals surface area contributed by atoms with Crippen LogP contribution < -0.4 is 5.32 Å². The number of benzene rings is 1. The van der Waals surface area contributed by atoms with Gasteiger partial charge in [-0.3, -0.25) is 4.98 Å². The molecular formula is C20H21Cl2N5O2S. The molecule has 0 bridgehead atoms. The van der Waals surface area contributed by atoms with Gasteiger partial charge in [-0.1, -0.05) is 35.3 Å². The Labute approximate surface area is 185 Å². The van der Waals surface area contributed by atoms with Crippen molar-refractivity contribution in [2.24, 2.45) is 7.05 Å². The van der Waals surface area contributed by atoms with Crippen molar-refractivity contribution in [1.82, 2.24) is 24.2 Å². The molecule has 30 heavy (non-hydrogen) atoms. The standard InChI is InChI=1S/C20H21Cl2N5O2S/c1-26-12-20(25-13-26)30(28,29)27-10-16(18-4-2-3-7-23-18)19(11-27)24-9-14-5-6-15(21)8-17(14)22/h2-8,12-13,16,19,24H,9-11H2,1H3. The Morgan fingerprint density at radius 3 is 2.67 bits per heavy atom. The van der Waals surface area contributed by atoms with Crippen molar-refractivity contribution in [2.75, 3.05) is 13.1 Å². The van der Waals surface area contributed by atoms with Crippen LogP contribution in [0.2, 0.25) is 10.0 Å². The number of aromatic nitrogens is 3. The minimum atomic E-state index is -3.70. The first-order chi connectivity index (χ1) is 14.3. The number of aryl methyl sites for hydroxylation is 1. The second kappa shape index (κ2) is 8.64. The van der Waals surface area contributed by atoms with Gasteiger partial charge in [-0.05, 0) is 29.8 Å². The van der Waals surface area contributed by atoms with E-state index in [1.165, 1.54) is 16.8 Å². The lowest BCUT2D eigenvalue weighted by molar-refractivity contribution is 0.454. The molecule has 1 fully saturated rings. The number of nitrogens with one attached hydrogen (secondary N) is 1. The van der Waals surface area contributed by atoms with Gasteiger partial charge in [0.1, 0.15) is 0 Å². The van der Waals surface area contributed by atoms with Crippen molar-refractivity contribution < 1.29 is 8.42 Å².